The second-order valence-electron chi connectivity index (χ2n) is 5.94. The molecule has 0 spiro atoms. The third kappa shape index (κ3) is 6.40. The van der Waals surface area contributed by atoms with Crippen molar-refractivity contribution in [1.29, 1.82) is 0 Å². The van der Waals surface area contributed by atoms with Crippen molar-refractivity contribution in [3.63, 3.8) is 0 Å². The molecule has 1 rings (SSSR count). The molecule has 3 N–H and O–H groups in total. The predicted octanol–water partition coefficient (Wildman–Crippen LogP) is 2.17. The number of hydrogen-bond donors (Lipinski definition) is 3. The van der Waals surface area contributed by atoms with E-state index < -0.39 is 0 Å². The highest BCUT2D eigenvalue weighted by Crippen LogP contribution is 2.21. The number of aliphatic hydroxyl groups is 1. The van der Waals surface area contributed by atoms with Gasteiger partial charge < -0.3 is 15.7 Å². The van der Waals surface area contributed by atoms with Gasteiger partial charge in [0.15, 0.2) is 0 Å². The quantitative estimate of drug-likeness (QED) is 0.720. The lowest BCUT2D eigenvalue weighted by atomic mass is 9.88. The van der Waals surface area contributed by atoms with Crippen LogP contribution in [0.15, 0.2) is 24.3 Å². The SMILES string of the molecule is CC(=O)Nc1cccc(C(=O)NCC(C)(C)CCCO)c1. The van der Waals surface area contributed by atoms with Crippen molar-refractivity contribution in [3.05, 3.63) is 29.8 Å². The summed E-state index contributed by atoms with van der Waals surface area (Å²) >= 11 is 0. The van der Waals surface area contributed by atoms with E-state index >= 15 is 0 Å². The minimum atomic E-state index is -0.169. The predicted molar refractivity (Wildman–Crippen MR) is 83.2 cm³/mol. The number of rotatable bonds is 7. The Labute approximate surface area is 125 Å². The average Bonchev–Trinajstić information content (AvgIpc) is 2.42. The second-order valence-corrected chi connectivity index (χ2v) is 5.94. The van der Waals surface area contributed by atoms with E-state index in [1.807, 2.05) is 0 Å². The molecule has 2 amide bonds. The van der Waals surface area contributed by atoms with Crippen LogP contribution in [0.5, 0.6) is 0 Å². The minimum Gasteiger partial charge on any atom is -0.396 e. The summed E-state index contributed by atoms with van der Waals surface area (Å²) in [5.41, 5.74) is 1.06. The van der Waals surface area contributed by atoms with Crippen LogP contribution >= 0.6 is 0 Å². The molecule has 0 saturated carbocycles. The summed E-state index contributed by atoms with van der Waals surface area (Å²) in [4.78, 5) is 23.1. The fraction of sp³-hybridized carbons (Fsp3) is 0.500. The first-order valence-electron chi connectivity index (χ1n) is 7.11. The van der Waals surface area contributed by atoms with Gasteiger partial charge in [0.1, 0.15) is 0 Å². The van der Waals surface area contributed by atoms with Crippen LogP contribution < -0.4 is 10.6 Å². The Balaban J connectivity index is 2.61. The standard InChI is InChI=1S/C16H24N2O3/c1-12(20)18-14-7-4-6-13(10-14)15(21)17-11-16(2,3)8-5-9-19/h4,6-7,10,19H,5,8-9,11H2,1-3H3,(H,17,21)(H,18,20). The van der Waals surface area contributed by atoms with Crippen molar-refractivity contribution >= 4 is 17.5 Å². The van der Waals surface area contributed by atoms with Crippen molar-refractivity contribution < 1.29 is 14.7 Å². The molecule has 5 heteroatoms. The maximum Gasteiger partial charge on any atom is 0.251 e. The molecule has 0 aromatic heterocycles. The molecule has 0 aliphatic carbocycles. The van der Waals surface area contributed by atoms with Gasteiger partial charge in [-0.25, -0.2) is 0 Å². The molecule has 0 radical (unpaired) electrons. The molecule has 0 bridgehead atoms. The monoisotopic (exact) mass is 292 g/mol. The fourth-order valence-corrected chi connectivity index (χ4v) is 2.01. The smallest absolute Gasteiger partial charge is 0.251 e. The number of benzene rings is 1. The number of hydrogen-bond acceptors (Lipinski definition) is 3. The van der Waals surface area contributed by atoms with Crippen molar-refractivity contribution in [2.24, 2.45) is 5.41 Å². The summed E-state index contributed by atoms with van der Waals surface area (Å²) in [6.07, 6.45) is 1.57. The van der Waals surface area contributed by atoms with Crippen molar-refractivity contribution in [2.45, 2.75) is 33.6 Å². The Morgan fingerprint density at radius 3 is 2.62 bits per heavy atom. The van der Waals surface area contributed by atoms with Gasteiger partial charge in [0, 0.05) is 31.3 Å². The lowest BCUT2D eigenvalue weighted by Crippen LogP contribution is -2.34. The van der Waals surface area contributed by atoms with Crippen LogP contribution in [-0.4, -0.2) is 30.1 Å². The van der Waals surface area contributed by atoms with E-state index in [9.17, 15) is 9.59 Å². The van der Waals surface area contributed by atoms with Crippen molar-refractivity contribution in [3.8, 4) is 0 Å². The van der Waals surface area contributed by atoms with E-state index in [0.29, 0.717) is 17.8 Å². The third-order valence-corrected chi connectivity index (χ3v) is 3.18. The minimum absolute atomic E-state index is 0.0619. The van der Waals surface area contributed by atoms with E-state index in [-0.39, 0.29) is 23.8 Å². The zero-order valence-electron chi connectivity index (χ0n) is 12.9. The molecule has 116 valence electrons. The van der Waals surface area contributed by atoms with Crippen LogP contribution in [0, 0.1) is 5.41 Å². The molecule has 1 aromatic rings. The van der Waals surface area contributed by atoms with E-state index in [1.54, 1.807) is 24.3 Å². The Morgan fingerprint density at radius 1 is 1.29 bits per heavy atom. The summed E-state index contributed by atoms with van der Waals surface area (Å²) in [6, 6.07) is 6.83. The van der Waals surface area contributed by atoms with Gasteiger partial charge in [0.05, 0.1) is 0 Å². The number of aliphatic hydroxyl groups excluding tert-OH is 1. The molecule has 0 fully saturated rings. The molecular formula is C16H24N2O3. The Morgan fingerprint density at radius 2 is 2.00 bits per heavy atom. The van der Waals surface area contributed by atoms with Gasteiger partial charge in [-0.3, -0.25) is 9.59 Å². The van der Waals surface area contributed by atoms with Crippen LogP contribution in [0.4, 0.5) is 5.69 Å². The molecule has 5 nitrogen and oxygen atoms in total. The zero-order chi connectivity index (χ0) is 15.9. The normalized spacial score (nSPS) is 11.0. The first kappa shape index (κ1) is 17.2. The number of nitrogens with one attached hydrogen (secondary N) is 2. The highest BCUT2D eigenvalue weighted by Gasteiger charge is 2.18. The highest BCUT2D eigenvalue weighted by atomic mass is 16.3. The first-order chi connectivity index (χ1) is 9.84. The maximum atomic E-state index is 12.1. The van der Waals surface area contributed by atoms with E-state index in [0.717, 1.165) is 12.8 Å². The van der Waals surface area contributed by atoms with E-state index in [2.05, 4.69) is 24.5 Å². The van der Waals surface area contributed by atoms with Gasteiger partial charge >= 0.3 is 0 Å². The Bertz CT molecular complexity index is 498. The van der Waals surface area contributed by atoms with Crippen LogP contribution in [-0.2, 0) is 4.79 Å². The molecule has 0 heterocycles. The van der Waals surface area contributed by atoms with Crippen LogP contribution in [0.3, 0.4) is 0 Å². The van der Waals surface area contributed by atoms with Crippen LogP contribution in [0.2, 0.25) is 0 Å². The molecular weight excluding hydrogens is 268 g/mol. The lowest BCUT2D eigenvalue weighted by molar-refractivity contribution is -0.114. The first-order valence-corrected chi connectivity index (χ1v) is 7.11. The molecule has 0 unspecified atom stereocenters. The molecule has 21 heavy (non-hydrogen) atoms. The summed E-state index contributed by atoms with van der Waals surface area (Å²) in [5, 5.41) is 14.4. The largest absolute Gasteiger partial charge is 0.396 e. The van der Waals surface area contributed by atoms with Gasteiger partial charge in [-0.1, -0.05) is 19.9 Å². The lowest BCUT2D eigenvalue weighted by Gasteiger charge is -2.24. The highest BCUT2D eigenvalue weighted by molar-refractivity contribution is 5.96. The van der Waals surface area contributed by atoms with Gasteiger partial charge in [0.2, 0.25) is 5.91 Å². The molecule has 0 atom stereocenters. The van der Waals surface area contributed by atoms with Gasteiger partial charge in [-0.15, -0.1) is 0 Å². The number of amides is 2. The van der Waals surface area contributed by atoms with Gasteiger partial charge in [-0.2, -0.15) is 0 Å². The van der Waals surface area contributed by atoms with Gasteiger partial charge in [0.25, 0.3) is 5.91 Å². The molecule has 0 aliphatic rings. The summed E-state index contributed by atoms with van der Waals surface area (Å²) < 4.78 is 0. The molecule has 0 saturated heterocycles. The summed E-state index contributed by atoms with van der Waals surface area (Å²) in [5.74, 6) is -0.336. The molecule has 0 aliphatic heterocycles. The number of carbonyl (C=O) groups excluding carboxylic acids is 2. The summed E-state index contributed by atoms with van der Waals surface area (Å²) in [7, 11) is 0. The Kier molecular flexibility index (Phi) is 6.37. The van der Waals surface area contributed by atoms with Gasteiger partial charge in [-0.05, 0) is 36.5 Å². The average molecular weight is 292 g/mol. The second kappa shape index (κ2) is 7.78. The van der Waals surface area contributed by atoms with Crippen molar-refractivity contribution in [1.82, 2.24) is 5.32 Å². The maximum absolute atomic E-state index is 12.1. The molecule has 1 aromatic carbocycles. The van der Waals surface area contributed by atoms with Crippen LogP contribution in [0.25, 0.3) is 0 Å². The fourth-order valence-electron chi connectivity index (χ4n) is 2.01. The summed E-state index contributed by atoms with van der Waals surface area (Å²) in [6.45, 7) is 6.23. The van der Waals surface area contributed by atoms with E-state index in [1.165, 1.54) is 6.92 Å². The Hall–Kier alpha value is -1.88. The number of anilines is 1. The third-order valence-electron chi connectivity index (χ3n) is 3.18. The van der Waals surface area contributed by atoms with Crippen LogP contribution in [0.1, 0.15) is 44.0 Å². The van der Waals surface area contributed by atoms with E-state index in [4.69, 9.17) is 5.11 Å². The number of carbonyl (C=O) groups is 2. The van der Waals surface area contributed by atoms with Crippen molar-refractivity contribution in [2.75, 3.05) is 18.5 Å². The topological polar surface area (TPSA) is 78.4 Å². The zero-order valence-corrected chi connectivity index (χ0v) is 12.9.